The predicted octanol–water partition coefficient (Wildman–Crippen LogP) is 1.07. The van der Waals surface area contributed by atoms with Crippen LogP contribution in [0.4, 0.5) is 0 Å². The van der Waals surface area contributed by atoms with Gasteiger partial charge in [-0.15, -0.1) is 0 Å². The van der Waals surface area contributed by atoms with Gasteiger partial charge in [-0.25, -0.2) is 8.42 Å². The Labute approximate surface area is 103 Å². The molecule has 0 aromatic carbocycles. The van der Waals surface area contributed by atoms with E-state index in [1.165, 1.54) is 0 Å². The van der Waals surface area contributed by atoms with Crippen molar-refractivity contribution in [2.45, 2.75) is 55.8 Å². The number of hydrogen-bond donors (Lipinski definition) is 1. The Kier molecular flexibility index (Phi) is 2.42. The summed E-state index contributed by atoms with van der Waals surface area (Å²) < 4.78 is 30.1. The van der Waals surface area contributed by atoms with Crippen molar-refractivity contribution in [2.75, 3.05) is 13.2 Å². The third-order valence-electron chi connectivity index (χ3n) is 4.48. The predicted molar refractivity (Wildman–Crippen MR) is 65.4 cm³/mol. The third-order valence-corrected chi connectivity index (χ3v) is 7.15. The highest BCUT2D eigenvalue weighted by molar-refractivity contribution is 7.93. The minimum Gasteiger partial charge on any atom is -0.360 e. The van der Waals surface area contributed by atoms with Crippen molar-refractivity contribution in [2.24, 2.45) is 5.41 Å². The van der Waals surface area contributed by atoms with E-state index in [2.05, 4.69) is 19.2 Å². The van der Waals surface area contributed by atoms with Gasteiger partial charge in [0.1, 0.15) is 5.72 Å². The fourth-order valence-corrected chi connectivity index (χ4v) is 5.80. The van der Waals surface area contributed by atoms with Crippen molar-refractivity contribution in [3.05, 3.63) is 0 Å². The van der Waals surface area contributed by atoms with Gasteiger partial charge in [0.2, 0.25) is 0 Å². The Bertz CT molecular complexity index is 397. The molecule has 0 aromatic rings. The second kappa shape index (κ2) is 3.45. The lowest BCUT2D eigenvalue weighted by Crippen LogP contribution is -2.62. The van der Waals surface area contributed by atoms with Gasteiger partial charge in [-0.1, -0.05) is 13.8 Å². The molecule has 2 unspecified atom stereocenters. The summed E-state index contributed by atoms with van der Waals surface area (Å²) in [7, 11) is -2.85. The van der Waals surface area contributed by atoms with Gasteiger partial charge in [0.05, 0.1) is 17.1 Å². The molecule has 3 rings (SSSR count). The van der Waals surface area contributed by atoms with Gasteiger partial charge in [0.25, 0.3) is 0 Å². The summed E-state index contributed by atoms with van der Waals surface area (Å²) in [5.41, 5.74) is -0.201. The molecule has 4 nitrogen and oxygen atoms in total. The van der Waals surface area contributed by atoms with Crippen molar-refractivity contribution >= 4 is 9.84 Å². The zero-order valence-electron chi connectivity index (χ0n) is 10.5. The quantitative estimate of drug-likeness (QED) is 0.707. The molecule has 0 radical (unpaired) electrons. The first kappa shape index (κ1) is 11.9. The van der Waals surface area contributed by atoms with Crippen molar-refractivity contribution in [1.82, 2.24) is 5.32 Å². The maximum absolute atomic E-state index is 12.0. The summed E-state index contributed by atoms with van der Waals surface area (Å²) in [5, 5.41) is 3.13. The van der Waals surface area contributed by atoms with Crippen molar-refractivity contribution < 1.29 is 13.2 Å². The summed E-state index contributed by atoms with van der Waals surface area (Å²) in [6.45, 7) is 5.97. The summed E-state index contributed by atoms with van der Waals surface area (Å²) in [6.07, 6.45) is 2.93. The van der Waals surface area contributed by atoms with Crippen LogP contribution in [-0.2, 0) is 14.6 Å². The molecule has 17 heavy (non-hydrogen) atoms. The van der Waals surface area contributed by atoms with Crippen LogP contribution in [0.15, 0.2) is 0 Å². The highest BCUT2D eigenvalue weighted by atomic mass is 32.2. The summed E-state index contributed by atoms with van der Waals surface area (Å²) in [4.78, 5) is 0. The standard InChI is InChI=1S/C12H21NO3S/c1-11(2)7-13-12(16-8-11)5-9-3-4-10(6-12)17(9,14)15/h9-10,13H,3-8H2,1-2H3. The van der Waals surface area contributed by atoms with Crippen LogP contribution in [0.3, 0.4) is 0 Å². The van der Waals surface area contributed by atoms with Gasteiger partial charge in [-0.2, -0.15) is 0 Å². The van der Waals surface area contributed by atoms with Crippen LogP contribution in [0, 0.1) is 5.41 Å². The van der Waals surface area contributed by atoms with E-state index in [0.29, 0.717) is 12.8 Å². The van der Waals surface area contributed by atoms with Gasteiger partial charge in [0.15, 0.2) is 9.84 Å². The van der Waals surface area contributed by atoms with E-state index in [9.17, 15) is 8.42 Å². The summed E-state index contributed by atoms with van der Waals surface area (Å²) >= 11 is 0. The zero-order chi connectivity index (χ0) is 12.3. The minimum absolute atomic E-state index is 0.153. The average Bonchev–Trinajstić information content (AvgIpc) is 2.45. The molecular weight excluding hydrogens is 238 g/mol. The molecule has 3 fully saturated rings. The topological polar surface area (TPSA) is 55.4 Å². The molecule has 3 heterocycles. The fraction of sp³-hybridized carbons (Fsp3) is 1.00. The van der Waals surface area contributed by atoms with Gasteiger partial charge < -0.3 is 4.74 Å². The van der Waals surface area contributed by atoms with Crippen LogP contribution in [-0.4, -0.2) is 37.8 Å². The van der Waals surface area contributed by atoms with Crippen molar-refractivity contribution in [3.8, 4) is 0 Å². The smallest absolute Gasteiger partial charge is 0.156 e. The molecule has 98 valence electrons. The van der Waals surface area contributed by atoms with Gasteiger partial charge in [0, 0.05) is 24.8 Å². The molecule has 5 heteroatoms. The van der Waals surface area contributed by atoms with Gasteiger partial charge in [-0.3, -0.25) is 5.32 Å². The van der Waals surface area contributed by atoms with Gasteiger partial charge >= 0.3 is 0 Å². The summed E-state index contributed by atoms with van der Waals surface area (Å²) in [5.74, 6) is 0. The van der Waals surface area contributed by atoms with Crippen LogP contribution >= 0.6 is 0 Å². The van der Waals surface area contributed by atoms with Crippen LogP contribution in [0.1, 0.15) is 39.5 Å². The number of fused-ring (bicyclic) bond motifs is 2. The SMILES string of the molecule is CC1(C)CNC2(CC3CCC(C2)S3(=O)=O)OC1. The average molecular weight is 259 g/mol. The van der Waals surface area contributed by atoms with E-state index in [4.69, 9.17) is 4.74 Å². The maximum Gasteiger partial charge on any atom is 0.156 e. The van der Waals surface area contributed by atoms with E-state index >= 15 is 0 Å². The van der Waals surface area contributed by atoms with E-state index < -0.39 is 9.84 Å². The zero-order valence-corrected chi connectivity index (χ0v) is 11.3. The first-order valence-electron chi connectivity index (χ1n) is 6.45. The second-order valence-electron chi connectivity index (χ2n) is 6.62. The molecule has 0 amide bonds. The minimum atomic E-state index is -2.85. The number of ether oxygens (including phenoxy) is 1. The van der Waals surface area contributed by atoms with Crippen molar-refractivity contribution in [3.63, 3.8) is 0 Å². The fourth-order valence-electron chi connectivity index (χ4n) is 3.33. The molecule has 1 N–H and O–H groups in total. The highest BCUT2D eigenvalue weighted by Crippen LogP contribution is 2.45. The molecule has 0 saturated carbocycles. The lowest BCUT2D eigenvalue weighted by molar-refractivity contribution is -0.145. The maximum atomic E-state index is 12.0. The number of nitrogens with one attached hydrogen (secondary N) is 1. The Balaban J connectivity index is 1.81. The molecule has 1 spiro atoms. The van der Waals surface area contributed by atoms with E-state index in [0.717, 1.165) is 26.0 Å². The van der Waals surface area contributed by atoms with E-state index in [1.807, 2.05) is 0 Å². The molecule has 3 saturated heterocycles. The Hall–Kier alpha value is -0.130. The molecule has 3 aliphatic rings. The Morgan fingerprint density at radius 3 is 2.24 bits per heavy atom. The monoisotopic (exact) mass is 259 g/mol. The van der Waals surface area contributed by atoms with Crippen LogP contribution < -0.4 is 5.32 Å². The largest absolute Gasteiger partial charge is 0.360 e. The van der Waals surface area contributed by atoms with E-state index in [1.54, 1.807) is 0 Å². The van der Waals surface area contributed by atoms with Crippen LogP contribution in [0.25, 0.3) is 0 Å². The normalized spacial score (nSPS) is 47.2. The second-order valence-corrected chi connectivity index (χ2v) is 9.13. The molecule has 0 aromatic heterocycles. The lowest BCUT2D eigenvalue weighted by Gasteiger charge is -2.48. The number of rotatable bonds is 0. The molecule has 2 bridgehead atoms. The first-order valence-corrected chi connectivity index (χ1v) is 8.06. The van der Waals surface area contributed by atoms with E-state index in [-0.39, 0.29) is 21.6 Å². The highest BCUT2D eigenvalue weighted by Gasteiger charge is 2.55. The Morgan fingerprint density at radius 2 is 1.76 bits per heavy atom. The van der Waals surface area contributed by atoms with Crippen LogP contribution in [0.5, 0.6) is 0 Å². The lowest BCUT2D eigenvalue weighted by atomic mass is 9.90. The first-order chi connectivity index (χ1) is 7.83. The Morgan fingerprint density at radius 1 is 1.18 bits per heavy atom. The molecule has 3 aliphatic heterocycles. The number of hydrogen-bond acceptors (Lipinski definition) is 4. The van der Waals surface area contributed by atoms with Crippen molar-refractivity contribution in [1.29, 1.82) is 0 Å². The molecular formula is C12H21NO3S. The number of sulfone groups is 1. The molecule has 0 aliphatic carbocycles. The van der Waals surface area contributed by atoms with Gasteiger partial charge in [-0.05, 0) is 12.8 Å². The molecule has 2 atom stereocenters. The van der Waals surface area contributed by atoms with Crippen LogP contribution in [0.2, 0.25) is 0 Å². The summed E-state index contributed by atoms with van der Waals surface area (Å²) in [6, 6.07) is 0. The third kappa shape index (κ3) is 1.83.